The second-order valence-electron chi connectivity index (χ2n) is 5.75. The zero-order valence-corrected chi connectivity index (χ0v) is 15.4. The molecule has 0 spiro atoms. The molecule has 0 radical (unpaired) electrons. The summed E-state index contributed by atoms with van der Waals surface area (Å²) in [7, 11) is 0. The molecule has 0 saturated heterocycles. The minimum absolute atomic E-state index is 0.157. The summed E-state index contributed by atoms with van der Waals surface area (Å²) in [5, 5.41) is 7.04. The van der Waals surface area contributed by atoms with Crippen LogP contribution in [0.3, 0.4) is 0 Å². The third-order valence-corrected chi connectivity index (χ3v) is 4.31. The Morgan fingerprint density at radius 1 is 1.28 bits per heavy atom. The molecule has 6 nitrogen and oxygen atoms in total. The van der Waals surface area contributed by atoms with Crippen molar-refractivity contribution in [1.29, 1.82) is 0 Å². The lowest BCUT2D eigenvalue weighted by Crippen LogP contribution is -2.28. The average Bonchev–Trinajstić information content (AvgIpc) is 3.03. The minimum atomic E-state index is -0.326. The molecule has 128 valence electrons. The lowest BCUT2D eigenvalue weighted by Gasteiger charge is -2.07. The first-order chi connectivity index (χ1) is 11.9. The Hall–Kier alpha value is -2.67. The van der Waals surface area contributed by atoms with Gasteiger partial charge in [-0.05, 0) is 49.7 Å². The van der Waals surface area contributed by atoms with Gasteiger partial charge in [0.25, 0.3) is 11.5 Å². The highest BCUT2D eigenvalue weighted by molar-refractivity contribution is 9.10. The van der Waals surface area contributed by atoms with Gasteiger partial charge in [0.15, 0.2) is 5.69 Å². The molecule has 2 aromatic heterocycles. The third kappa shape index (κ3) is 3.88. The van der Waals surface area contributed by atoms with Crippen LogP contribution in [0, 0.1) is 13.8 Å². The summed E-state index contributed by atoms with van der Waals surface area (Å²) in [5.74, 6) is -0.326. The molecule has 7 heteroatoms. The Morgan fingerprint density at radius 3 is 2.80 bits per heavy atom. The van der Waals surface area contributed by atoms with Crippen LogP contribution >= 0.6 is 15.9 Å². The Balaban J connectivity index is 1.74. The van der Waals surface area contributed by atoms with E-state index in [-0.39, 0.29) is 18.0 Å². The summed E-state index contributed by atoms with van der Waals surface area (Å²) in [6.07, 6.45) is 1.72. The molecule has 0 aliphatic heterocycles. The van der Waals surface area contributed by atoms with Crippen molar-refractivity contribution in [2.24, 2.45) is 0 Å². The Morgan fingerprint density at radius 2 is 2.08 bits per heavy atom. The number of nitrogens with one attached hydrogen (secondary N) is 2. The van der Waals surface area contributed by atoms with Crippen LogP contribution in [0.15, 0.2) is 51.9 Å². The van der Waals surface area contributed by atoms with Crippen molar-refractivity contribution >= 4 is 21.8 Å². The van der Waals surface area contributed by atoms with Crippen molar-refractivity contribution in [3.8, 4) is 5.69 Å². The lowest BCUT2D eigenvalue weighted by molar-refractivity contribution is 0.0945. The van der Waals surface area contributed by atoms with E-state index in [1.807, 2.05) is 44.2 Å². The number of nitrogens with zero attached hydrogens (tertiary/aromatic N) is 2. The Labute approximate surface area is 153 Å². The van der Waals surface area contributed by atoms with E-state index in [0.29, 0.717) is 11.3 Å². The maximum atomic E-state index is 12.3. The summed E-state index contributed by atoms with van der Waals surface area (Å²) in [6, 6.07) is 11.1. The molecule has 3 aromatic rings. The van der Waals surface area contributed by atoms with Crippen LogP contribution in [0.5, 0.6) is 0 Å². The van der Waals surface area contributed by atoms with Crippen LogP contribution in [0.2, 0.25) is 0 Å². The molecule has 25 heavy (non-hydrogen) atoms. The van der Waals surface area contributed by atoms with Gasteiger partial charge in [0.2, 0.25) is 0 Å². The van der Waals surface area contributed by atoms with E-state index in [9.17, 15) is 9.59 Å². The minimum Gasteiger partial charge on any atom is -0.346 e. The number of aromatic nitrogens is 3. The summed E-state index contributed by atoms with van der Waals surface area (Å²) in [5.41, 5.74) is 3.15. The third-order valence-electron chi connectivity index (χ3n) is 3.81. The van der Waals surface area contributed by atoms with Crippen molar-refractivity contribution in [3.63, 3.8) is 0 Å². The number of halogens is 1. The van der Waals surface area contributed by atoms with E-state index in [1.54, 1.807) is 16.9 Å². The van der Waals surface area contributed by atoms with Crippen LogP contribution in [0.1, 0.15) is 27.3 Å². The number of amides is 1. The molecule has 0 aliphatic carbocycles. The molecule has 2 N–H and O–H groups in total. The number of rotatable bonds is 4. The first kappa shape index (κ1) is 17.2. The number of H-pyrrole nitrogens is 1. The van der Waals surface area contributed by atoms with E-state index in [4.69, 9.17) is 0 Å². The monoisotopic (exact) mass is 400 g/mol. The number of hydrogen-bond donors (Lipinski definition) is 2. The highest BCUT2D eigenvalue weighted by Gasteiger charge is 2.12. The number of hydrogen-bond acceptors (Lipinski definition) is 3. The van der Waals surface area contributed by atoms with E-state index in [2.05, 4.69) is 31.3 Å². The van der Waals surface area contributed by atoms with Crippen molar-refractivity contribution < 1.29 is 4.79 Å². The predicted octanol–water partition coefficient (Wildman–Crippen LogP) is 2.87. The Bertz CT molecular complexity index is 991. The smallest absolute Gasteiger partial charge is 0.272 e. The van der Waals surface area contributed by atoms with Crippen LogP contribution in [0.4, 0.5) is 0 Å². The van der Waals surface area contributed by atoms with Gasteiger partial charge in [0, 0.05) is 28.5 Å². The number of carbonyl (C=O) groups is 1. The summed E-state index contributed by atoms with van der Waals surface area (Å²) in [4.78, 5) is 27.1. The van der Waals surface area contributed by atoms with Gasteiger partial charge in [0.1, 0.15) is 0 Å². The van der Waals surface area contributed by atoms with Crippen molar-refractivity contribution in [2.45, 2.75) is 20.4 Å². The van der Waals surface area contributed by atoms with E-state index < -0.39 is 0 Å². The second kappa shape index (κ2) is 7.06. The van der Waals surface area contributed by atoms with Crippen molar-refractivity contribution in [1.82, 2.24) is 20.1 Å². The predicted molar refractivity (Wildman–Crippen MR) is 99.0 cm³/mol. The zero-order chi connectivity index (χ0) is 18.0. The zero-order valence-electron chi connectivity index (χ0n) is 13.8. The molecular formula is C18H17BrN4O2. The Kier molecular flexibility index (Phi) is 4.85. The van der Waals surface area contributed by atoms with Crippen LogP contribution in [-0.2, 0) is 6.54 Å². The van der Waals surface area contributed by atoms with E-state index in [1.165, 1.54) is 0 Å². The van der Waals surface area contributed by atoms with Gasteiger partial charge in [-0.3, -0.25) is 9.59 Å². The molecule has 0 aliphatic rings. The average molecular weight is 401 g/mol. The highest BCUT2D eigenvalue weighted by atomic mass is 79.9. The van der Waals surface area contributed by atoms with Crippen LogP contribution < -0.4 is 10.9 Å². The molecule has 0 atom stereocenters. The van der Waals surface area contributed by atoms with Gasteiger partial charge in [-0.2, -0.15) is 5.10 Å². The topological polar surface area (TPSA) is 79.8 Å². The molecule has 0 fully saturated rings. The number of benzene rings is 1. The number of pyridine rings is 1. The van der Waals surface area contributed by atoms with Gasteiger partial charge in [-0.25, -0.2) is 4.68 Å². The van der Waals surface area contributed by atoms with Gasteiger partial charge in [-0.1, -0.05) is 22.0 Å². The van der Waals surface area contributed by atoms with Crippen LogP contribution in [-0.4, -0.2) is 20.7 Å². The SMILES string of the molecule is Cc1cc(C)c(CNC(=O)c2ccn(-c3cccc(Br)c3)n2)c(=O)[nH]1. The fourth-order valence-electron chi connectivity index (χ4n) is 2.57. The van der Waals surface area contributed by atoms with Gasteiger partial charge >= 0.3 is 0 Å². The molecule has 3 rings (SSSR count). The largest absolute Gasteiger partial charge is 0.346 e. The summed E-state index contributed by atoms with van der Waals surface area (Å²) < 4.78 is 2.56. The van der Waals surface area contributed by atoms with Crippen molar-refractivity contribution in [3.05, 3.63) is 79.9 Å². The fraction of sp³-hybridized carbons (Fsp3) is 0.167. The molecular weight excluding hydrogens is 384 g/mol. The van der Waals surface area contributed by atoms with Gasteiger partial charge in [-0.15, -0.1) is 0 Å². The van der Waals surface area contributed by atoms with Crippen LogP contribution in [0.25, 0.3) is 5.69 Å². The van der Waals surface area contributed by atoms with E-state index >= 15 is 0 Å². The molecule has 1 amide bonds. The number of aromatic amines is 1. The first-order valence-corrected chi connectivity index (χ1v) is 8.52. The second-order valence-corrected chi connectivity index (χ2v) is 6.67. The summed E-state index contributed by atoms with van der Waals surface area (Å²) in [6.45, 7) is 3.83. The standard InChI is InChI=1S/C18H17BrN4O2/c1-11-8-12(2)21-17(24)15(11)10-20-18(25)16-6-7-23(22-16)14-5-3-4-13(19)9-14/h3-9H,10H2,1-2H3,(H,20,25)(H,21,24). The van der Waals surface area contributed by atoms with Gasteiger partial charge in [0.05, 0.1) is 5.69 Å². The summed E-state index contributed by atoms with van der Waals surface area (Å²) >= 11 is 3.41. The van der Waals surface area contributed by atoms with Crippen molar-refractivity contribution in [2.75, 3.05) is 0 Å². The highest BCUT2D eigenvalue weighted by Crippen LogP contribution is 2.15. The first-order valence-electron chi connectivity index (χ1n) is 7.73. The molecule has 1 aromatic carbocycles. The maximum Gasteiger partial charge on any atom is 0.272 e. The quantitative estimate of drug-likeness (QED) is 0.706. The van der Waals surface area contributed by atoms with Gasteiger partial charge < -0.3 is 10.3 Å². The maximum absolute atomic E-state index is 12.3. The molecule has 0 saturated carbocycles. The lowest BCUT2D eigenvalue weighted by atomic mass is 10.1. The molecule has 0 bridgehead atoms. The van der Waals surface area contributed by atoms with E-state index in [0.717, 1.165) is 21.4 Å². The number of aryl methyl sites for hydroxylation is 2. The normalized spacial score (nSPS) is 10.7. The molecule has 2 heterocycles. The fourth-order valence-corrected chi connectivity index (χ4v) is 2.96. The molecule has 0 unspecified atom stereocenters. The number of carbonyl (C=O) groups excluding carboxylic acids is 1.